The Kier molecular flexibility index (Phi) is 5.97. The second kappa shape index (κ2) is 9.22. The van der Waals surface area contributed by atoms with E-state index in [4.69, 9.17) is 15.6 Å². The van der Waals surface area contributed by atoms with Gasteiger partial charge in [-0.15, -0.1) is 0 Å². The highest BCUT2D eigenvalue weighted by Crippen LogP contribution is 2.34. The number of halogens is 1. The van der Waals surface area contributed by atoms with Crippen LogP contribution in [0.3, 0.4) is 0 Å². The van der Waals surface area contributed by atoms with Crippen molar-refractivity contribution in [3.8, 4) is 22.6 Å². The quantitative estimate of drug-likeness (QED) is 0.450. The first-order valence-corrected chi connectivity index (χ1v) is 11.3. The molecule has 0 radical (unpaired) electrons. The van der Waals surface area contributed by atoms with Crippen LogP contribution in [0.4, 0.5) is 10.2 Å². The standard InChI is InChI=1S/C24H27FN8O/c1-15-21(14-32(31-15)19-5-7-27-8-6-19)17-11-23(24(26)28-13-17)34-16(2)20-12-18(25)3-4-22(20)33-29-9-10-30-33/h3-4,9-14,16,19,27H,5-8H2,1-2H3,(H2,26,28)/t16-/m1/s1. The Hall–Kier alpha value is -3.79. The third kappa shape index (κ3) is 4.36. The second-order valence-corrected chi connectivity index (χ2v) is 8.48. The lowest BCUT2D eigenvalue weighted by atomic mass is 10.1. The normalized spacial score (nSPS) is 15.4. The maximum atomic E-state index is 14.1. The fraction of sp³-hybridized carbons (Fsp3) is 0.333. The van der Waals surface area contributed by atoms with Crippen LogP contribution in [0, 0.1) is 12.7 Å². The van der Waals surface area contributed by atoms with Gasteiger partial charge in [0, 0.05) is 29.1 Å². The molecule has 0 bridgehead atoms. The molecule has 1 aliphatic rings. The summed E-state index contributed by atoms with van der Waals surface area (Å²) in [5.74, 6) is 0.305. The van der Waals surface area contributed by atoms with Crippen molar-refractivity contribution in [2.75, 3.05) is 18.8 Å². The van der Waals surface area contributed by atoms with Crippen LogP contribution in [0.15, 0.2) is 49.1 Å². The minimum Gasteiger partial charge on any atom is -0.482 e. The van der Waals surface area contributed by atoms with Crippen molar-refractivity contribution in [3.05, 3.63) is 66.1 Å². The summed E-state index contributed by atoms with van der Waals surface area (Å²) in [5, 5.41) is 16.5. The van der Waals surface area contributed by atoms with Gasteiger partial charge in [-0.3, -0.25) is 4.68 Å². The fourth-order valence-electron chi connectivity index (χ4n) is 4.35. The molecule has 1 aliphatic heterocycles. The number of rotatable bonds is 6. The van der Waals surface area contributed by atoms with Crippen LogP contribution < -0.4 is 15.8 Å². The number of ether oxygens (including phenoxy) is 1. The van der Waals surface area contributed by atoms with E-state index in [0.29, 0.717) is 23.0 Å². The largest absolute Gasteiger partial charge is 0.482 e. The summed E-state index contributed by atoms with van der Waals surface area (Å²) in [6, 6.07) is 6.66. The minimum absolute atomic E-state index is 0.258. The summed E-state index contributed by atoms with van der Waals surface area (Å²) in [6.07, 6.45) is 8.49. The highest BCUT2D eigenvalue weighted by molar-refractivity contribution is 5.68. The van der Waals surface area contributed by atoms with E-state index < -0.39 is 6.10 Å². The molecular formula is C24H27FN8O. The third-order valence-corrected chi connectivity index (χ3v) is 6.16. The number of nitrogens with one attached hydrogen (secondary N) is 1. The SMILES string of the molecule is Cc1nn(C2CCNCC2)cc1-c1cnc(N)c(O[C@H](C)c2cc(F)ccc2-n2nccn2)c1. The number of aromatic nitrogens is 6. The maximum absolute atomic E-state index is 14.1. The van der Waals surface area contributed by atoms with E-state index in [1.165, 1.54) is 16.9 Å². The topological polar surface area (TPSA) is 109 Å². The summed E-state index contributed by atoms with van der Waals surface area (Å²) < 4.78 is 22.3. The Morgan fingerprint density at radius 2 is 1.94 bits per heavy atom. The number of nitrogens with two attached hydrogens (primary N) is 1. The van der Waals surface area contributed by atoms with Crippen molar-refractivity contribution in [3.63, 3.8) is 0 Å². The summed E-state index contributed by atoms with van der Waals surface area (Å²) in [5.41, 5.74) is 10.1. The van der Waals surface area contributed by atoms with Gasteiger partial charge in [0.25, 0.3) is 0 Å². The molecule has 0 aliphatic carbocycles. The van der Waals surface area contributed by atoms with Gasteiger partial charge < -0.3 is 15.8 Å². The van der Waals surface area contributed by atoms with Crippen molar-refractivity contribution >= 4 is 5.82 Å². The highest BCUT2D eigenvalue weighted by atomic mass is 19.1. The van der Waals surface area contributed by atoms with Crippen molar-refractivity contribution < 1.29 is 9.13 Å². The van der Waals surface area contributed by atoms with E-state index in [1.807, 2.05) is 19.9 Å². The molecular weight excluding hydrogens is 435 g/mol. The van der Waals surface area contributed by atoms with Gasteiger partial charge in [0.2, 0.25) is 0 Å². The minimum atomic E-state index is -0.533. The molecule has 0 saturated carbocycles. The van der Waals surface area contributed by atoms with Crippen LogP contribution in [0.1, 0.15) is 43.2 Å². The van der Waals surface area contributed by atoms with Gasteiger partial charge in [-0.2, -0.15) is 20.1 Å². The zero-order chi connectivity index (χ0) is 23.7. The number of hydrogen-bond acceptors (Lipinski definition) is 7. The average Bonchev–Trinajstić information content (AvgIpc) is 3.51. The van der Waals surface area contributed by atoms with Crippen LogP contribution in [0.25, 0.3) is 16.8 Å². The van der Waals surface area contributed by atoms with E-state index >= 15 is 0 Å². The van der Waals surface area contributed by atoms with E-state index in [9.17, 15) is 4.39 Å². The molecule has 1 fully saturated rings. The Morgan fingerprint density at radius 3 is 2.71 bits per heavy atom. The third-order valence-electron chi connectivity index (χ3n) is 6.16. The van der Waals surface area contributed by atoms with Gasteiger partial charge >= 0.3 is 0 Å². The van der Waals surface area contributed by atoms with Crippen LogP contribution in [0.2, 0.25) is 0 Å². The molecule has 3 N–H and O–H groups in total. The molecule has 10 heteroatoms. The van der Waals surface area contributed by atoms with Crippen LogP contribution in [0.5, 0.6) is 5.75 Å². The summed E-state index contributed by atoms with van der Waals surface area (Å²) >= 11 is 0. The number of nitrogen functional groups attached to an aromatic ring is 1. The van der Waals surface area contributed by atoms with Gasteiger partial charge in [0.05, 0.1) is 29.8 Å². The predicted molar refractivity (Wildman–Crippen MR) is 126 cm³/mol. The molecule has 1 atom stereocenters. The van der Waals surface area contributed by atoms with Crippen LogP contribution >= 0.6 is 0 Å². The molecule has 3 aromatic heterocycles. The smallest absolute Gasteiger partial charge is 0.166 e. The van der Waals surface area contributed by atoms with E-state index in [1.54, 1.807) is 24.7 Å². The summed E-state index contributed by atoms with van der Waals surface area (Å²) in [6.45, 7) is 5.81. The molecule has 0 unspecified atom stereocenters. The summed E-state index contributed by atoms with van der Waals surface area (Å²) in [4.78, 5) is 5.79. The number of benzene rings is 1. The van der Waals surface area contributed by atoms with E-state index in [0.717, 1.165) is 42.8 Å². The average molecular weight is 463 g/mol. The van der Waals surface area contributed by atoms with Gasteiger partial charge in [-0.1, -0.05) is 0 Å². The zero-order valence-corrected chi connectivity index (χ0v) is 19.1. The molecule has 0 spiro atoms. The van der Waals surface area contributed by atoms with Crippen LogP contribution in [-0.4, -0.2) is 42.8 Å². The summed E-state index contributed by atoms with van der Waals surface area (Å²) in [7, 11) is 0. The first-order valence-electron chi connectivity index (χ1n) is 11.3. The van der Waals surface area contributed by atoms with Crippen LogP contribution in [-0.2, 0) is 0 Å². The zero-order valence-electron chi connectivity index (χ0n) is 19.1. The maximum Gasteiger partial charge on any atom is 0.166 e. The van der Waals surface area contributed by atoms with Crippen molar-refractivity contribution in [2.45, 2.75) is 38.8 Å². The first kappa shape index (κ1) is 22.0. The van der Waals surface area contributed by atoms with E-state index in [2.05, 4.69) is 31.4 Å². The number of aryl methyl sites for hydroxylation is 1. The number of pyridine rings is 1. The molecule has 9 nitrogen and oxygen atoms in total. The highest BCUT2D eigenvalue weighted by Gasteiger charge is 2.20. The fourth-order valence-corrected chi connectivity index (χ4v) is 4.35. The Labute approximate surface area is 196 Å². The lowest BCUT2D eigenvalue weighted by Gasteiger charge is -2.22. The first-order chi connectivity index (χ1) is 16.5. The van der Waals surface area contributed by atoms with Gasteiger partial charge in [-0.25, -0.2) is 9.37 Å². The molecule has 4 heterocycles. The second-order valence-electron chi connectivity index (χ2n) is 8.48. The number of piperidine rings is 1. The monoisotopic (exact) mass is 462 g/mol. The molecule has 34 heavy (non-hydrogen) atoms. The lowest BCUT2D eigenvalue weighted by molar-refractivity contribution is 0.226. The Morgan fingerprint density at radius 1 is 1.18 bits per heavy atom. The molecule has 0 amide bonds. The lowest BCUT2D eigenvalue weighted by Crippen LogP contribution is -2.29. The van der Waals surface area contributed by atoms with Gasteiger partial charge in [0.1, 0.15) is 11.9 Å². The number of nitrogens with zero attached hydrogens (tertiary/aromatic N) is 6. The molecule has 4 aromatic rings. The molecule has 5 rings (SSSR count). The molecule has 176 valence electrons. The molecule has 1 saturated heterocycles. The van der Waals surface area contributed by atoms with Crippen molar-refractivity contribution in [2.24, 2.45) is 0 Å². The van der Waals surface area contributed by atoms with Gasteiger partial charge in [0.15, 0.2) is 11.6 Å². The number of anilines is 1. The van der Waals surface area contributed by atoms with Crippen molar-refractivity contribution in [1.82, 2.24) is 35.1 Å². The Bertz CT molecular complexity index is 1280. The molecule has 1 aromatic carbocycles. The number of hydrogen-bond donors (Lipinski definition) is 2. The Balaban J connectivity index is 1.44. The predicted octanol–water partition coefficient (Wildman–Crippen LogP) is 3.62. The van der Waals surface area contributed by atoms with Crippen molar-refractivity contribution in [1.29, 1.82) is 0 Å². The van der Waals surface area contributed by atoms with Gasteiger partial charge in [-0.05, 0) is 64.0 Å². The van der Waals surface area contributed by atoms with E-state index in [-0.39, 0.29) is 11.6 Å².